The van der Waals surface area contributed by atoms with Crippen LogP contribution < -0.4 is 0 Å². The quantitative estimate of drug-likeness (QED) is 0.403. The Morgan fingerprint density at radius 3 is 3.00 bits per heavy atom. The number of halogens is 1. The molecule has 9 heavy (non-hydrogen) atoms. The van der Waals surface area contributed by atoms with Crippen LogP contribution in [-0.2, 0) is 0 Å². The van der Waals surface area contributed by atoms with Crippen molar-refractivity contribution < 1.29 is 0 Å². The average Bonchev–Trinajstić information content (AvgIpc) is 1.88. The second-order valence-corrected chi connectivity index (χ2v) is 2.90. The summed E-state index contributed by atoms with van der Waals surface area (Å²) >= 11 is 5.77. The predicted octanol–water partition coefficient (Wildman–Crippen LogP) is 2.04. The van der Waals surface area contributed by atoms with Crippen LogP contribution in [0, 0.1) is 5.92 Å². The molecule has 1 atom stereocenters. The first-order valence-electron chi connectivity index (χ1n) is 3.40. The topological polar surface area (TPSA) is 3.24 Å². The van der Waals surface area contributed by atoms with Crippen molar-refractivity contribution in [3.8, 4) is 0 Å². The van der Waals surface area contributed by atoms with Gasteiger partial charge in [0.15, 0.2) is 0 Å². The molecule has 0 spiro atoms. The molecule has 1 aliphatic rings. The first-order valence-corrected chi connectivity index (χ1v) is 3.74. The molecule has 0 saturated heterocycles. The smallest absolute Gasteiger partial charge is 0.0320 e. The fraction of sp³-hybridized carbons (Fsp3) is 0.714. The Hall–Kier alpha value is -0.0100. The molecular weight excluding hydrogens is 134 g/mol. The standard InChI is InChI=1S/C7H12ClN/c1-2-7-4-3-5-9(8)6-7/h3-4,7H,2,5-6H2,1H3. The molecule has 0 aromatic rings. The third kappa shape index (κ3) is 1.99. The van der Waals surface area contributed by atoms with Crippen LogP contribution in [0.25, 0.3) is 0 Å². The van der Waals surface area contributed by atoms with Crippen LogP contribution in [0.3, 0.4) is 0 Å². The molecule has 1 unspecified atom stereocenters. The van der Waals surface area contributed by atoms with Crippen LogP contribution in [0.4, 0.5) is 0 Å². The molecule has 1 rings (SSSR count). The zero-order chi connectivity index (χ0) is 6.69. The van der Waals surface area contributed by atoms with Crippen LogP contribution in [0.5, 0.6) is 0 Å². The zero-order valence-electron chi connectivity index (χ0n) is 5.68. The lowest BCUT2D eigenvalue weighted by atomic mass is 10.0. The third-order valence-corrected chi connectivity index (χ3v) is 1.94. The van der Waals surface area contributed by atoms with Gasteiger partial charge in [-0.1, -0.05) is 19.1 Å². The van der Waals surface area contributed by atoms with Crippen molar-refractivity contribution in [2.45, 2.75) is 13.3 Å². The van der Waals surface area contributed by atoms with Crippen LogP contribution in [-0.4, -0.2) is 17.5 Å². The van der Waals surface area contributed by atoms with E-state index in [-0.39, 0.29) is 0 Å². The Morgan fingerprint density at radius 1 is 1.78 bits per heavy atom. The fourth-order valence-electron chi connectivity index (χ4n) is 1.02. The Kier molecular flexibility index (Phi) is 2.55. The van der Waals surface area contributed by atoms with Crippen molar-refractivity contribution in [1.29, 1.82) is 0 Å². The highest BCUT2D eigenvalue weighted by Gasteiger charge is 2.10. The molecule has 0 aromatic carbocycles. The molecule has 2 heteroatoms. The van der Waals surface area contributed by atoms with Gasteiger partial charge in [0, 0.05) is 13.1 Å². The fourth-order valence-corrected chi connectivity index (χ4v) is 1.28. The first kappa shape index (κ1) is 7.10. The summed E-state index contributed by atoms with van der Waals surface area (Å²) < 4.78 is 1.83. The highest BCUT2D eigenvalue weighted by molar-refractivity contribution is 6.13. The van der Waals surface area contributed by atoms with Crippen molar-refractivity contribution in [3.63, 3.8) is 0 Å². The first-order chi connectivity index (χ1) is 4.33. The average molecular weight is 146 g/mol. The summed E-state index contributed by atoms with van der Waals surface area (Å²) in [5.41, 5.74) is 0. The summed E-state index contributed by atoms with van der Waals surface area (Å²) in [6.45, 7) is 4.09. The van der Waals surface area contributed by atoms with Gasteiger partial charge in [-0.3, -0.25) is 0 Å². The number of rotatable bonds is 1. The third-order valence-electron chi connectivity index (χ3n) is 1.67. The molecular formula is C7H12ClN. The predicted molar refractivity (Wildman–Crippen MR) is 40.3 cm³/mol. The lowest BCUT2D eigenvalue weighted by Crippen LogP contribution is -2.23. The van der Waals surface area contributed by atoms with E-state index in [0.717, 1.165) is 13.1 Å². The Bertz CT molecular complexity index is 111. The summed E-state index contributed by atoms with van der Waals surface area (Å²) in [5, 5.41) is 0. The second-order valence-electron chi connectivity index (χ2n) is 2.42. The van der Waals surface area contributed by atoms with Crippen molar-refractivity contribution in [2.75, 3.05) is 13.1 Å². The van der Waals surface area contributed by atoms with Gasteiger partial charge in [0.1, 0.15) is 0 Å². The van der Waals surface area contributed by atoms with E-state index < -0.39 is 0 Å². The van der Waals surface area contributed by atoms with Gasteiger partial charge in [-0.05, 0) is 24.1 Å². The van der Waals surface area contributed by atoms with Gasteiger partial charge >= 0.3 is 0 Å². The minimum atomic E-state index is 0.677. The molecule has 0 saturated carbocycles. The lowest BCUT2D eigenvalue weighted by molar-refractivity contribution is 0.403. The van der Waals surface area contributed by atoms with Gasteiger partial charge in [0.25, 0.3) is 0 Å². The maximum Gasteiger partial charge on any atom is 0.0320 e. The van der Waals surface area contributed by atoms with E-state index in [1.807, 2.05) is 4.42 Å². The van der Waals surface area contributed by atoms with Gasteiger partial charge in [0.2, 0.25) is 0 Å². The molecule has 0 N–H and O–H groups in total. The summed E-state index contributed by atoms with van der Waals surface area (Å²) in [6.07, 6.45) is 5.57. The van der Waals surface area contributed by atoms with Gasteiger partial charge < -0.3 is 0 Å². The van der Waals surface area contributed by atoms with E-state index in [1.165, 1.54) is 6.42 Å². The molecule has 0 bridgehead atoms. The highest BCUT2D eigenvalue weighted by Crippen LogP contribution is 2.13. The summed E-state index contributed by atoms with van der Waals surface area (Å²) in [7, 11) is 0. The number of hydrogen-bond acceptors (Lipinski definition) is 1. The minimum Gasteiger partial charge on any atom is -0.216 e. The van der Waals surface area contributed by atoms with Gasteiger partial charge in [-0.25, -0.2) is 4.42 Å². The minimum absolute atomic E-state index is 0.677. The van der Waals surface area contributed by atoms with Crippen molar-refractivity contribution >= 4 is 11.8 Å². The molecule has 0 aliphatic carbocycles. The molecule has 0 radical (unpaired) electrons. The number of hydrogen-bond donors (Lipinski definition) is 0. The maximum atomic E-state index is 5.77. The Labute approximate surface area is 61.4 Å². The lowest BCUT2D eigenvalue weighted by Gasteiger charge is -2.21. The van der Waals surface area contributed by atoms with Crippen LogP contribution in [0.2, 0.25) is 0 Å². The van der Waals surface area contributed by atoms with E-state index in [1.54, 1.807) is 0 Å². The van der Waals surface area contributed by atoms with Gasteiger partial charge in [-0.2, -0.15) is 0 Å². The normalized spacial score (nSPS) is 28.9. The van der Waals surface area contributed by atoms with Crippen molar-refractivity contribution in [3.05, 3.63) is 12.2 Å². The van der Waals surface area contributed by atoms with Crippen LogP contribution in [0.15, 0.2) is 12.2 Å². The highest BCUT2D eigenvalue weighted by atomic mass is 35.5. The largest absolute Gasteiger partial charge is 0.216 e. The molecule has 1 aliphatic heterocycles. The monoisotopic (exact) mass is 145 g/mol. The van der Waals surface area contributed by atoms with E-state index in [2.05, 4.69) is 19.1 Å². The molecule has 0 amide bonds. The van der Waals surface area contributed by atoms with Gasteiger partial charge in [0.05, 0.1) is 0 Å². The molecule has 1 nitrogen and oxygen atoms in total. The molecule has 0 fully saturated rings. The van der Waals surface area contributed by atoms with E-state index in [4.69, 9.17) is 11.8 Å². The molecule has 52 valence electrons. The second kappa shape index (κ2) is 3.23. The van der Waals surface area contributed by atoms with Crippen molar-refractivity contribution in [1.82, 2.24) is 4.42 Å². The van der Waals surface area contributed by atoms with Gasteiger partial charge in [-0.15, -0.1) is 0 Å². The maximum absolute atomic E-state index is 5.77. The van der Waals surface area contributed by atoms with E-state index in [0.29, 0.717) is 5.92 Å². The summed E-state index contributed by atoms with van der Waals surface area (Å²) in [5.74, 6) is 0.677. The summed E-state index contributed by atoms with van der Waals surface area (Å²) in [6, 6.07) is 0. The van der Waals surface area contributed by atoms with Crippen molar-refractivity contribution in [2.24, 2.45) is 5.92 Å². The Balaban J connectivity index is 2.39. The molecule has 0 aromatic heterocycles. The zero-order valence-corrected chi connectivity index (χ0v) is 6.43. The van der Waals surface area contributed by atoms with E-state index >= 15 is 0 Å². The SMILES string of the molecule is CCC1C=CCN(Cl)C1. The van der Waals surface area contributed by atoms with Crippen LogP contribution >= 0.6 is 11.8 Å². The molecule has 1 heterocycles. The van der Waals surface area contributed by atoms with Crippen LogP contribution in [0.1, 0.15) is 13.3 Å². The summed E-state index contributed by atoms with van der Waals surface area (Å²) in [4.78, 5) is 0. The van der Waals surface area contributed by atoms with E-state index in [9.17, 15) is 0 Å². The number of nitrogens with zero attached hydrogens (tertiary/aromatic N) is 1. The Morgan fingerprint density at radius 2 is 2.56 bits per heavy atom.